The number of amides is 1. The van der Waals surface area contributed by atoms with Gasteiger partial charge >= 0.3 is 5.76 Å². The molecule has 1 N–H and O–H groups in total. The summed E-state index contributed by atoms with van der Waals surface area (Å²) in [5, 5.41) is 15.9. The normalized spacial score (nSPS) is 11.4. The van der Waals surface area contributed by atoms with Crippen LogP contribution in [0.4, 0.5) is 5.69 Å². The third-order valence-corrected chi connectivity index (χ3v) is 4.79. The molecular formula is C15H14N6O3S. The predicted molar refractivity (Wildman–Crippen MR) is 91.8 cm³/mol. The van der Waals surface area contributed by atoms with Gasteiger partial charge in [-0.3, -0.25) is 9.36 Å². The van der Waals surface area contributed by atoms with Gasteiger partial charge in [-0.15, -0.1) is 10.2 Å². The summed E-state index contributed by atoms with van der Waals surface area (Å²) in [7, 11) is 1.63. The van der Waals surface area contributed by atoms with Crippen LogP contribution >= 0.6 is 11.3 Å². The monoisotopic (exact) mass is 358 g/mol. The van der Waals surface area contributed by atoms with E-state index >= 15 is 0 Å². The molecule has 3 heterocycles. The van der Waals surface area contributed by atoms with Crippen molar-refractivity contribution >= 4 is 39.0 Å². The highest BCUT2D eigenvalue weighted by molar-refractivity contribution is 7.16. The first-order valence-electron chi connectivity index (χ1n) is 7.58. The number of nitrogens with one attached hydrogen (secondary N) is 1. The SMILES string of the molecule is Cc1nnc2sc(CCC(=O)Nc3ccc4c(c3)oc(=O)n4C)nn12. The van der Waals surface area contributed by atoms with Gasteiger partial charge in [-0.1, -0.05) is 11.3 Å². The molecule has 0 atom stereocenters. The summed E-state index contributed by atoms with van der Waals surface area (Å²) in [6.07, 6.45) is 0.807. The molecule has 10 heteroatoms. The van der Waals surface area contributed by atoms with Gasteiger partial charge in [-0.2, -0.15) is 9.61 Å². The lowest BCUT2D eigenvalue weighted by Crippen LogP contribution is -2.12. The quantitative estimate of drug-likeness (QED) is 0.592. The number of carbonyl (C=O) groups excluding carboxylic acids is 1. The maximum Gasteiger partial charge on any atom is 0.419 e. The molecule has 0 unspecified atom stereocenters. The van der Waals surface area contributed by atoms with Crippen molar-refractivity contribution in [3.8, 4) is 0 Å². The summed E-state index contributed by atoms with van der Waals surface area (Å²) in [6, 6.07) is 5.12. The molecule has 0 saturated heterocycles. The first kappa shape index (κ1) is 15.5. The van der Waals surface area contributed by atoms with Crippen molar-refractivity contribution in [3.63, 3.8) is 0 Å². The van der Waals surface area contributed by atoms with Crippen molar-refractivity contribution in [3.05, 3.63) is 39.6 Å². The maximum absolute atomic E-state index is 12.1. The Bertz CT molecular complexity index is 1150. The summed E-state index contributed by atoms with van der Waals surface area (Å²) in [5.41, 5.74) is 1.70. The minimum absolute atomic E-state index is 0.139. The molecule has 4 aromatic rings. The van der Waals surface area contributed by atoms with Crippen molar-refractivity contribution in [2.45, 2.75) is 19.8 Å². The molecule has 4 rings (SSSR count). The minimum atomic E-state index is -0.433. The van der Waals surface area contributed by atoms with Crippen molar-refractivity contribution in [2.75, 3.05) is 5.32 Å². The van der Waals surface area contributed by atoms with Crippen LogP contribution in [0.2, 0.25) is 0 Å². The lowest BCUT2D eigenvalue weighted by atomic mass is 10.2. The Morgan fingerprint density at radius 3 is 3.00 bits per heavy atom. The van der Waals surface area contributed by atoms with Gasteiger partial charge < -0.3 is 9.73 Å². The maximum atomic E-state index is 12.1. The number of hydrogen-bond acceptors (Lipinski definition) is 7. The van der Waals surface area contributed by atoms with Gasteiger partial charge in [-0.25, -0.2) is 4.79 Å². The summed E-state index contributed by atoms with van der Waals surface area (Å²) in [5.74, 6) is 0.150. The second-order valence-corrected chi connectivity index (χ2v) is 6.64. The zero-order valence-electron chi connectivity index (χ0n) is 13.5. The van der Waals surface area contributed by atoms with Crippen LogP contribution in [0.3, 0.4) is 0 Å². The molecule has 3 aromatic heterocycles. The van der Waals surface area contributed by atoms with Crippen molar-refractivity contribution in [1.29, 1.82) is 0 Å². The molecule has 0 saturated carbocycles. The van der Waals surface area contributed by atoms with E-state index in [0.29, 0.717) is 29.6 Å². The number of hydrogen-bond donors (Lipinski definition) is 1. The van der Waals surface area contributed by atoms with E-state index < -0.39 is 5.76 Å². The number of carbonyl (C=O) groups is 1. The van der Waals surface area contributed by atoms with Crippen LogP contribution < -0.4 is 11.1 Å². The van der Waals surface area contributed by atoms with E-state index in [9.17, 15) is 9.59 Å². The Morgan fingerprint density at radius 2 is 2.20 bits per heavy atom. The molecule has 0 aliphatic rings. The zero-order chi connectivity index (χ0) is 17.6. The predicted octanol–water partition coefficient (Wildman–Crippen LogP) is 1.51. The summed E-state index contributed by atoms with van der Waals surface area (Å²) < 4.78 is 8.20. The van der Waals surface area contributed by atoms with Crippen molar-refractivity contribution in [2.24, 2.45) is 7.05 Å². The number of aryl methyl sites for hydroxylation is 3. The van der Waals surface area contributed by atoms with Gasteiger partial charge in [0, 0.05) is 31.6 Å². The Balaban J connectivity index is 1.43. The van der Waals surface area contributed by atoms with Gasteiger partial charge in [0.2, 0.25) is 10.9 Å². The summed E-state index contributed by atoms with van der Waals surface area (Å²) in [4.78, 5) is 24.4. The fraction of sp³-hybridized carbons (Fsp3) is 0.267. The van der Waals surface area contributed by atoms with Crippen LogP contribution in [0.25, 0.3) is 16.1 Å². The van der Waals surface area contributed by atoms with Gasteiger partial charge in [-0.05, 0) is 19.1 Å². The molecule has 0 spiro atoms. The van der Waals surface area contributed by atoms with E-state index in [2.05, 4.69) is 20.6 Å². The Kier molecular flexibility index (Phi) is 3.61. The van der Waals surface area contributed by atoms with E-state index in [0.717, 1.165) is 15.8 Å². The summed E-state index contributed by atoms with van der Waals surface area (Å²) in [6.45, 7) is 1.83. The molecular weight excluding hydrogens is 344 g/mol. The number of nitrogens with zero attached hydrogens (tertiary/aromatic N) is 5. The van der Waals surface area contributed by atoms with Crippen molar-refractivity contribution in [1.82, 2.24) is 24.4 Å². The fourth-order valence-corrected chi connectivity index (χ4v) is 3.39. The molecule has 0 fully saturated rings. The average Bonchev–Trinajstić information content (AvgIpc) is 3.22. The highest BCUT2D eigenvalue weighted by Gasteiger charge is 2.12. The number of aromatic nitrogens is 5. The average molecular weight is 358 g/mol. The number of oxazole rings is 1. The molecule has 0 bridgehead atoms. The zero-order valence-corrected chi connectivity index (χ0v) is 14.3. The van der Waals surface area contributed by atoms with Crippen LogP contribution in [0.1, 0.15) is 17.3 Å². The lowest BCUT2D eigenvalue weighted by molar-refractivity contribution is -0.116. The number of benzene rings is 1. The second-order valence-electron chi connectivity index (χ2n) is 5.60. The molecule has 128 valence electrons. The third kappa shape index (κ3) is 2.80. The molecule has 25 heavy (non-hydrogen) atoms. The fourth-order valence-electron chi connectivity index (χ4n) is 2.51. The number of rotatable bonds is 4. The van der Waals surface area contributed by atoms with E-state index in [1.165, 1.54) is 15.9 Å². The van der Waals surface area contributed by atoms with Gasteiger partial charge in [0.15, 0.2) is 11.4 Å². The number of fused-ring (bicyclic) bond motifs is 2. The van der Waals surface area contributed by atoms with Crippen LogP contribution in [-0.4, -0.2) is 30.3 Å². The van der Waals surface area contributed by atoms with Gasteiger partial charge in [0.05, 0.1) is 5.52 Å². The molecule has 0 aliphatic carbocycles. The Labute approximate surface area is 144 Å². The molecule has 1 amide bonds. The Hall–Kier alpha value is -3.01. The topological polar surface area (TPSA) is 107 Å². The van der Waals surface area contributed by atoms with Gasteiger partial charge in [0.25, 0.3) is 0 Å². The molecule has 1 aromatic carbocycles. The van der Waals surface area contributed by atoms with Crippen LogP contribution in [0, 0.1) is 6.92 Å². The van der Waals surface area contributed by atoms with E-state index in [-0.39, 0.29) is 5.91 Å². The highest BCUT2D eigenvalue weighted by Crippen LogP contribution is 2.19. The van der Waals surface area contributed by atoms with Crippen LogP contribution in [-0.2, 0) is 18.3 Å². The summed E-state index contributed by atoms with van der Waals surface area (Å²) >= 11 is 1.42. The van der Waals surface area contributed by atoms with Crippen molar-refractivity contribution < 1.29 is 9.21 Å². The first-order valence-corrected chi connectivity index (χ1v) is 8.40. The molecule has 9 nitrogen and oxygen atoms in total. The van der Waals surface area contributed by atoms with E-state index in [1.807, 2.05) is 6.92 Å². The minimum Gasteiger partial charge on any atom is -0.408 e. The molecule has 0 aliphatic heterocycles. The largest absolute Gasteiger partial charge is 0.419 e. The lowest BCUT2D eigenvalue weighted by Gasteiger charge is -2.04. The second kappa shape index (κ2) is 5.81. The number of anilines is 1. The van der Waals surface area contributed by atoms with E-state index in [1.54, 1.807) is 29.8 Å². The van der Waals surface area contributed by atoms with Gasteiger partial charge in [0.1, 0.15) is 5.01 Å². The highest BCUT2D eigenvalue weighted by atomic mass is 32.1. The first-order chi connectivity index (χ1) is 12.0. The van der Waals surface area contributed by atoms with Crippen LogP contribution in [0.15, 0.2) is 27.4 Å². The van der Waals surface area contributed by atoms with E-state index in [4.69, 9.17) is 4.42 Å². The smallest absolute Gasteiger partial charge is 0.408 e. The van der Waals surface area contributed by atoms with Crippen LogP contribution in [0.5, 0.6) is 0 Å². The standard InChI is InChI=1S/C15H14N6O3S/c1-8-17-18-14-21(8)19-13(25-14)6-5-12(22)16-9-3-4-10-11(7-9)24-15(23)20(10)2/h3-4,7H,5-6H2,1-2H3,(H,16,22). The Morgan fingerprint density at radius 1 is 1.36 bits per heavy atom. The molecule has 0 radical (unpaired) electrons. The third-order valence-electron chi connectivity index (χ3n) is 3.83.